The van der Waals surface area contributed by atoms with E-state index in [0.717, 1.165) is 37.2 Å². The molecule has 0 atom stereocenters. The van der Waals surface area contributed by atoms with Crippen molar-refractivity contribution in [2.24, 2.45) is 5.41 Å². The summed E-state index contributed by atoms with van der Waals surface area (Å²) < 4.78 is 2.22. The molecule has 1 amide bonds. The molecule has 1 saturated carbocycles. The highest BCUT2D eigenvalue weighted by molar-refractivity contribution is 6.00. The van der Waals surface area contributed by atoms with Crippen molar-refractivity contribution in [2.75, 3.05) is 6.54 Å². The number of amides is 1. The average Bonchev–Trinajstić information content (AvgIpc) is 3.06. The molecule has 0 saturated heterocycles. The molecule has 0 unspecified atom stereocenters. The van der Waals surface area contributed by atoms with Crippen molar-refractivity contribution in [2.45, 2.75) is 32.7 Å². The molecule has 0 spiro atoms. The van der Waals surface area contributed by atoms with E-state index in [1.165, 1.54) is 0 Å². The van der Waals surface area contributed by atoms with Crippen LogP contribution in [0.3, 0.4) is 0 Å². The second kappa shape index (κ2) is 6.78. The van der Waals surface area contributed by atoms with Crippen LogP contribution < -0.4 is 5.32 Å². The normalized spacial score (nSPS) is 15.0. The van der Waals surface area contributed by atoms with Crippen molar-refractivity contribution in [3.8, 4) is 11.4 Å². The summed E-state index contributed by atoms with van der Waals surface area (Å²) in [4.78, 5) is 24.5. The molecule has 0 aliphatic heterocycles. The van der Waals surface area contributed by atoms with Crippen LogP contribution in [0.25, 0.3) is 11.4 Å². The van der Waals surface area contributed by atoms with Crippen molar-refractivity contribution >= 4 is 5.91 Å². The van der Waals surface area contributed by atoms with Gasteiger partial charge in [0.15, 0.2) is 0 Å². The minimum absolute atomic E-state index is 0.0513. The van der Waals surface area contributed by atoms with E-state index in [1.807, 2.05) is 36.7 Å². The Bertz CT molecular complexity index is 893. The van der Waals surface area contributed by atoms with Crippen molar-refractivity contribution in [3.05, 3.63) is 60.4 Å². The molecule has 6 nitrogen and oxygen atoms in total. The van der Waals surface area contributed by atoms with Gasteiger partial charge in [-0.1, -0.05) is 25.1 Å². The molecule has 1 aromatic carbocycles. The molecule has 6 heteroatoms. The van der Waals surface area contributed by atoms with Gasteiger partial charge in [-0.3, -0.25) is 4.79 Å². The van der Waals surface area contributed by atoms with Gasteiger partial charge in [-0.15, -0.1) is 0 Å². The minimum Gasteiger partial charge on any atom is -0.351 e. The number of carbonyl (C=O) groups is 1. The second-order valence-corrected chi connectivity index (χ2v) is 6.99. The van der Waals surface area contributed by atoms with Gasteiger partial charge in [-0.2, -0.15) is 0 Å². The molecule has 2 aromatic heterocycles. The smallest absolute Gasteiger partial charge is 0.252 e. The minimum atomic E-state index is -0.0513. The number of aromatic nitrogens is 4. The van der Waals surface area contributed by atoms with Gasteiger partial charge >= 0.3 is 0 Å². The van der Waals surface area contributed by atoms with E-state index >= 15 is 0 Å². The summed E-state index contributed by atoms with van der Waals surface area (Å²) in [6.45, 7) is 3.71. The fourth-order valence-electron chi connectivity index (χ4n) is 3.39. The Labute approximate surface area is 152 Å². The fraction of sp³-hybridized carbons (Fsp3) is 0.350. The van der Waals surface area contributed by atoms with Gasteiger partial charge in [0.2, 0.25) is 0 Å². The standard InChI is InChI=1S/C20H23N5O/c1-2-17-21-11-12-25(17)14-20(7-8-20)13-24-19(26)16-6-4-3-5-15(16)18-22-9-10-23-18/h3-6,9-12H,2,7-8,13-14H2,1H3,(H,22,23)(H,24,26). The number of rotatable bonds is 7. The number of nitrogens with zero attached hydrogens (tertiary/aromatic N) is 3. The molecule has 134 valence electrons. The summed E-state index contributed by atoms with van der Waals surface area (Å²) in [5, 5.41) is 3.14. The van der Waals surface area contributed by atoms with Gasteiger partial charge in [-0.25, -0.2) is 9.97 Å². The zero-order valence-electron chi connectivity index (χ0n) is 14.9. The number of carbonyl (C=O) groups excluding carboxylic acids is 1. The topological polar surface area (TPSA) is 75.6 Å². The molecule has 26 heavy (non-hydrogen) atoms. The van der Waals surface area contributed by atoms with Crippen molar-refractivity contribution in [1.29, 1.82) is 0 Å². The maximum Gasteiger partial charge on any atom is 0.252 e. The first-order chi connectivity index (χ1) is 12.7. The molecule has 1 fully saturated rings. The molecule has 2 N–H and O–H groups in total. The summed E-state index contributed by atoms with van der Waals surface area (Å²) in [5.41, 5.74) is 1.62. The number of nitrogens with one attached hydrogen (secondary N) is 2. The van der Waals surface area contributed by atoms with Crippen molar-refractivity contribution in [3.63, 3.8) is 0 Å². The third-order valence-electron chi connectivity index (χ3n) is 5.13. The zero-order valence-corrected chi connectivity index (χ0v) is 14.9. The summed E-state index contributed by atoms with van der Waals surface area (Å²) in [7, 11) is 0. The number of benzene rings is 1. The maximum atomic E-state index is 12.8. The first-order valence-corrected chi connectivity index (χ1v) is 9.08. The van der Waals surface area contributed by atoms with Crippen LogP contribution in [0.4, 0.5) is 0 Å². The highest BCUT2D eigenvalue weighted by atomic mass is 16.1. The molecular formula is C20H23N5O. The highest BCUT2D eigenvalue weighted by Gasteiger charge is 2.43. The van der Waals surface area contributed by atoms with Crippen LogP contribution in [0.15, 0.2) is 49.1 Å². The van der Waals surface area contributed by atoms with Gasteiger partial charge in [0, 0.05) is 55.3 Å². The first kappa shape index (κ1) is 16.6. The quantitative estimate of drug-likeness (QED) is 0.688. The lowest BCUT2D eigenvalue weighted by Gasteiger charge is -2.18. The summed E-state index contributed by atoms with van der Waals surface area (Å²) in [5.74, 6) is 1.76. The average molecular weight is 349 g/mol. The Morgan fingerprint density at radius 1 is 1.27 bits per heavy atom. The number of imidazole rings is 2. The first-order valence-electron chi connectivity index (χ1n) is 9.08. The van der Waals surface area contributed by atoms with Gasteiger partial charge in [0.05, 0.1) is 5.56 Å². The lowest BCUT2D eigenvalue weighted by molar-refractivity contribution is 0.0943. The van der Waals surface area contributed by atoms with Gasteiger partial charge in [0.25, 0.3) is 5.91 Å². The summed E-state index contributed by atoms with van der Waals surface area (Å²) in [6.07, 6.45) is 10.5. The molecular weight excluding hydrogens is 326 g/mol. The molecule has 1 aliphatic carbocycles. The van der Waals surface area contributed by atoms with Gasteiger partial charge in [0.1, 0.15) is 11.6 Å². The van der Waals surface area contributed by atoms with Gasteiger partial charge < -0.3 is 14.9 Å². The lowest BCUT2D eigenvalue weighted by atomic mass is 10.0. The van der Waals surface area contributed by atoms with Crippen LogP contribution in [0.2, 0.25) is 0 Å². The summed E-state index contributed by atoms with van der Waals surface area (Å²) in [6, 6.07) is 7.56. The largest absolute Gasteiger partial charge is 0.351 e. The zero-order chi connectivity index (χ0) is 18.0. The SMILES string of the molecule is CCc1nccn1CC1(CNC(=O)c2ccccc2-c2ncc[nH]2)CC1. The number of hydrogen-bond acceptors (Lipinski definition) is 3. The van der Waals surface area contributed by atoms with Crippen molar-refractivity contribution < 1.29 is 4.79 Å². The predicted octanol–water partition coefficient (Wildman–Crippen LogP) is 3.05. The monoisotopic (exact) mass is 349 g/mol. The second-order valence-electron chi connectivity index (χ2n) is 6.99. The van der Waals surface area contributed by atoms with Crippen LogP contribution in [0, 0.1) is 5.41 Å². The van der Waals surface area contributed by atoms with E-state index in [9.17, 15) is 4.79 Å². The van der Waals surface area contributed by atoms with E-state index in [2.05, 4.69) is 31.8 Å². The van der Waals surface area contributed by atoms with E-state index in [-0.39, 0.29) is 11.3 Å². The predicted molar refractivity (Wildman–Crippen MR) is 99.6 cm³/mol. The molecule has 1 aliphatic rings. The molecule has 4 rings (SSSR count). The Morgan fingerprint density at radius 2 is 2.12 bits per heavy atom. The Kier molecular flexibility index (Phi) is 4.32. The van der Waals surface area contributed by atoms with E-state index in [1.54, 1.807) is 12.4 Å². The van der Waals surface area contributed by atoms with Crippen LogP contribution in [0.5, 0.6) is 0 Å². The van der Waals surface area contributed by atoms with E-state index in [0.29, 0.717) is 17.9 Å². The Balaban J connectivity index is 1.45. The third kappa shape index (κ3) is 3.27. The van der Waals surface area contributed by atoms with Crippen LogP contribution in [-0.2, 0) is 13.0 Å². The molecule has 0 bridgehead atoms. The van der Waals surface area contributed by atoms with E-state index < -0.39 is 0 Å². The van der Waals surface area contributed by atoms with Crippen LogP contribution in [-0.4, -0.2) is 32.0 Å². The van der Waals surface area contributed by atoms with Crippen LogP contribution >= 0.6 is 0 Å². The Hall–Kier alpha value is -2.89. The fourth-order valence-corrected chi connectivity index (χ4v) is 3.39. The highest BCUT2D eigenvalue weighted by Crippen LogP contribution is 2.46. The third-order valence-corrected chi connectivity index (χ3v) is 5.13. The molecule has 3 aromatic rings. The Morgan fingerprint density at radius 3 is 2.85 bits per heavy atom. The maximum absolute atomic E-state index is 12.8. The number of H-pyrrole nitrogens is 1. The number of aromatic amines is 1. The van der Waals surface area contributed by atoms with Crippen LogP contribution in [0.1, 0.15) is 35.9 Å². The van der Waals surface area contributed by atoms with E-state index in [4.69, 9.17) is 0 Å². The molecule has 2 heterocycles. The summed E-state index contributed by atoms with van der Waals surface area (Å²) >= 11 is 0. The number of hydrogen-bond donors (Lipinski definition) is 2. The molecule has 0 radical (unpaired) electrons. The van der Waals surface area contributed by atoms with Crippen molar-refractivity contribution in [1.82, 2.24) is 24.8 Å². The lowest BCUT2D eigenvalue weighted by Crippen LogP contribution is -2.32. The number of aryl methyl sites for hydroxylation is 1. The van der Waals surface area contributed by atoms with Gasteiger partial charge in [-0.05, 0) is 18.9 Å².